The first-order valence-electron chi connectivity index (χ1n) is 7.28. The van der Waals surface area contributed by atoms with Gasteiger partial charge in [0.1, 0.15) is 5.82 Å². The van der Waals surface area contributed by atoms with Crippen molar-refractivity contribution in [3.63, 3.8) is 0 Å². The zero-order valence-electron chi connectivity index (χ0n) is 13.3. The van der Waals surface area contributed by atoms with Crippen LogP contribution in [-0.2, 0) is 13.6 Å². The van der Waals surface area contributed by atoms with Crippen LogP contribution in [0.5, 0.6) is 0 Å². The van der Waals surface area contributed by atoms with E-state index < -0.39 is 6.10 Å². The molecule has 1 atom stereocenters. The van der Waals surface area contributed by atoms with Crippen LogP contribution < -0.4 is 0 Å². The second-order valence-corrected chi connectivity index (χ2v) is 6.43. The van der Waals surface area contributed by atoms with Gasteiger partial charge in [-0.25, -0.2) is 4.98 Å². The Kier molecular flexibility index (Phi) is 4.80. The maximum atomic E-state index is 10.6. The van der Waals surface area contributed by atoms with Crippen molar-refractivity contribution in [2.75, 3.05) is 13.6 Å². The summed E-state index contributed by atoms with van der Waals surface area (Å²) in [5, 5.41) is 10.6. The molecule has 4 heteroatoms. The van der Waals surface area contributed by atoms with Crippen molar-refractivity contribution < 1.29 is 5.11 Å². The number of nitrogens with zero attached hydrogens (tertiary/aromatic N) is 3. The van der Waals surface area contributed by atoms with Crippen molar-refractivity contribution in [1.29, 1.82) is 0 Å². The molecule has 1 aromatic carbocycles. The molecule has 0 aliphatic heterocycles. The lowest BCUT2D eigenvalue weighted by Crippen LogP contribution is -2.36. The largest absolute Gasteiger partial charge is 0.388 e. The van der Waals surface area contributed by atoms with Gasteiger partial charge in [0, 0.05) is 31.4 Å². The molecule has 0 radical (unpaired) electrons. The fourth-order valence-electron chi connectivity index (χ4n) is 2.71. The number of aromatic nitrogens is 2. The van der Waals surface area contributed by atoms with Gasteiger partial charge in [-0.1, -0.05) is 44.2 Å². The van der Waals surface area contributed by atoms with E-state index in [0.717, 1.165) is 24.5 Å². The predicted octanol–water partition coefficient (Wildman–Crippen LogP) is 2.61. The average molecular weight is 287 g/mol. The highest BCUT2D eigenvalue weighted by Crippen LogP contribution is 2.33. The van der Waals surface area contributed by atoms with Crippen molar-refractivity contribution in [2.45, 2.75) is 26.5 Å². The first-order valence-corrected chi connectivity index (χ1v) is 7.28. The topological polar surface area (TPSA) is 41.3 Å². The lowest BCUT2D eigenvalue weighted by atomic mass is 9.82. The Bertz CT molecular complexity index is 562. The number of aliphatic hydroxyl groups excluding tert-OH is 1. The monoisotopic (exact) mass is 287 g/mol. The van der Waals surface area contributed by atoms with Gasteiger partial charge in [0.2, 0.25) is 0 Å². The first-order chi connectivity index (χ1) is 9.90. The lowest BCUT2D eigenvalue weighted by Gasteiger charge is -2.34. The van der Waals surface area contributed by atoms with Gasteiger partial charge in [0.25, 0.3) is 0 Å². The molecule has 2 aromatic rings. The summed E-state index contributed by atoms with van der Waals surface area (Å²) in [6, 6.07) is 9.85. The second kappa shape index (κ2) is 6.41. The van der Waals surface area contributed by atoms with Gasteiger partial charge in [0.15, 0.2) is 0 Å². The molecule has 0 saturated heterocycles. The standard InChI is InChI=1S/C17H25N3O/c1-17(2,16(21)14-8-6-5-7-9-14)13-19(3)12-15-18-10-11-20(15)4/h5-11,16,21H,12-13H2,1-4H3. The fourth-order valence-corrected chi connectivity index (χ4v) is 2.71. The summed E-state index contributed by atoms with van der Waals surface area (Å²) >= 11 is 0. The van der Waals surface area contributed by atoms with Crippen LogP contribution in [0.4, 0.5) is 0 Å². The van der Waals surface area contributed by atoms with Crippen LogP contribution in [0.25, 0.3) is 0 Å². The zero-order chi connectivity index (χ0) is 15.5. The molecule has 0 aliphatic carbocycles. The van der Waals surface area contributed by atoms with Crippen LogP contribution in [0, 0.1) is 5.41 Å². The fraction of sp³-hybridized carbons (Fsp3) is 0.471. The van der Waals surface area contributed by atoms with Crippen molar-refractivity contribution in [1.82, 2.24) is 14.5 Å². The van der Waals surface area contributed by atoms with Crippen LogP contribution in [0.3, 0.4) is 0 Å². The smallest absolute Gasteiger partial charge is 0.122 e. The number of benzene rings is 1. The molecule has 21 heavy (non-hydrogen) atoms. The summed E-state index contributed by atoms with van der Waals surface area (Å²) in [6.07, 6.45) is 3.28. The van der Waals surface area contributed by atoms with Crippen LogP contribution in [0.1, 0.15) is 31.3 Å². The molecule has 0 spiro atoms. The molecular weight excluding hydrogens is 262 g/mol. The Morgan fingerprint density at radius 1 is 1.29 bits per heavy atom. The van der Waals surface area contributed by atoms with Gasteiger partial charge >= 0.3 is 0 Å². The summed E-state index contributed by atoms with van der Waals surface area (Å²) in [6.45, 7) is 5.75. The summed E-state index contributed by atoms with van der Waals surface area (Å²) in [5.41, 5.74) is 0.731. The third kappa shape index (κ3) is 3.93. The SMILES string of the molecule is CN(Cc1nccn1C)CC(C)(C)C(O)c1ccccc1. The molecule has 2 rings (SSSR count). The van der Waals surface area contributed by atoms with Crippen LogP contribution >= 0.6 is 0 Å². The van der Waals surface area contributed by atoms with Gasteiger partial charge < -0.3 is 9.67 Å². The number of rotatable bonds is 6. The van der Waals surface area contributed by atoms with Gasteiger partial charge in [-0.3, -0.25) is 4.90 Å². The highest BCUT2D eigenvalue weighted by molar-refractivity contribution is 5.19. The maximum Gasteiger partial charge on any atom is 0.122 e. The Balaban J connectivity index is 2.01. The summed E-state index contributed by atoms with van der Waals surface area (Å²) in [5.74, 6) is 1.03. The van der Waals surface area contributed by atoms with Crippen molar-refractivity contribution >= 4 is 0 Å². The summed E-state index contributed by atoms with van der Waals surface area (Å²) in [4.78, 5) is 6.55. The molecule has 0 saturated carbocycles. The van der Waals surface area contributed by atoms with E-state index in [1.165, 1.54) is 0 Å². The van der Waals surface area contributed by atoms with E-state index in [0.29, 0.717) is 0 Å². The summed E-state index contributed by atoms with van der Waals surface area (Å²) < 4.78 is 2.02. The van der Waals surface area contributed by atoms with E-state index in [2.05, 4.69) is 30.8 Å². The molecule has 114 valence electrons. The molecule has 1 N–H and O–H groups in total. The normalized spacial score (nSPS) is 13.6. The number of aliphatic hydroxyl groups is 1. The molecule has 0 fully saturated rings. The number of hydrogen-bond acceptors (Lipinski definition) is 3. The van der Waals surface area contributed by atoms with Crippen LogP contribution in [-0.4, -0.2) is 33.1 Å². The van der Waals surface area contributed by atoms with Gasteiger partial charge in [-0.05, 0) is 12.6 Å². The Labute approximate surface area is 127 Å². The first kappa shape index (κ1) is 15.7. The Morgan fingerprint density at radius 2 is 1.95 bits per heavy atom. The van der Waals surface area contributed by atoms with E-state index in [1.807, 2.05) is 54.3 Å². The molecule has 1 heterocycles. The van der Waals surface area contributed by atoms with E-state index in [9.17, 15) is 5.11 Å². The van der Waals surface area contributed by atoms with Crippen molar-refractivity contribution in [2.24, 2.45) is 12.5 Å². The molecule has 0 amide bonds. The van der Waals surface area contributed by atoms with Crippen LogP contribution in [0.2, 0.25) is 0 Å². The minimum atomic E-state index is -0.484. The third-order valence-corrected chi connectivity index (χ3v) is 3.87. The summed E-state index contributed by atoms with van der Waals surface area (Å²) in [7, 11) is 4.06. The van der Waals surface area contributed by atoms with Gasteiger partial charge in [0.05, 0.1) is 12.6 Å². The molecule has 1 aromatic heterocycles. The average Bonchev–Trinajstić information content (AvgIpc) is 2.83. The number of hydrogen-bond donors (Lipinski definition) is 1. The second-order valence-electron chi connectivity index (χ2n) is 6.43. The Morgan fingerprint density at radius 3 is 2.52 bits per heavy atom. The Hall–Kier alpha value is -1.65. The molecule has 1 unspecified atom stereocenters. The van der Waals surface area contributed by atoms with E-state index in [-0.39, 0.29) is 5.41 Å². The predicted molar refractivity (Wildman–Crippen MR) is 84.7 cm³/mol. The third-order valence-electron chi connectivity index (χ3n) is 3.87. The van der Waals surface area contributed by atoms with Crippen molar-refractivity contribution in [3.8, 4) is 0 Å². The lowest BCUT2D eigenvalue weighted by molar-refractivity contribution is 0.0237. The van der Waals surface area contributed by atoms with E-state index >= 15 is 0 Å². The molecule has 0 aliphatic rings. The quantitative estimate of drug-likeness (QED) is 0.888. The highest BCUT2D eigenvalue weighted by Gasteiger charge is 2.30. The molecule has 4 nitrogen and oxygen atoms in total. The highest BCUT2D eigenvalue weighted by atomic mass is 16.3. The van der Waals surface area contributed by atoms with Crippen LogP contribution in [0.15, 0.2) is 42.7 Å². The minimum absolute atomic E-state index is 0.235. The van der Waals surface area contributed by atoms with E-state index in [4.69, 9.17) is 0 Å². The van der Waals surface area contributed by atoms with Crippen molar-refractivity contribution in [3.05, 3.63) is 54.1 Å². The van der Waals surface area contributed by atoms with E-state index in [1.54, 1.807) is 0 Å². The molecular formula is C17H25N3O. The maximum absolute atomic E-state index is 10.6. The molecule has 0 bridgehead atoms. The number of imidazole rings is 1. The minimum Gasteiger partial charge on any atom is -0.388 e. The van der Waals surface area contributed by atoms with Gasteiger partial charge in [-0.2, -0.15) is 0 Å². The number of aryl methyl sites for hydroxylation is 1. The van der Waals surface area contributed by atoms with Gasteiger partial charge in [-0.15, -0.1) is 0 Å². The zero-order valence-corrected chi connectivity index (χ0v) is 13.3.